The Morgan fingerprint density at radius 3 is 2.63 bits per heavy atom. The minimum absolute atomic E-state index is 0.0496. The number of nitrogens with zero attached hydrogens (tertiary/aromatic N) is 2. The molecule has 0 saturated carbocycles. The summed E-state index contributed by atoms with van der Waals surface area (Å²) in [6, 6.07) is 18.5. The van der Waals surface area contributed by atoms with Crippen LogP contribution in [0.5, 0.6) is 5.75 Å². The number of carbonyl (C=O) groups is 2. The molecule has 2 aromatic carbocycles. The standard InChI is InChI=1S/C24H23N3O3/c1-30-20-10-8-18(9-11-20)22(13-23(28)26-15-17-5-4-12-25-14-17)27-16-19-6-2-3-7-21(19)24(27)29/h2-12,14,22H,13,15-16H2,1H3,(H,26,28). The van der Waals surface area contributed by atoms with Crippen LogP contribution in [0.25, 0.3) is 0 Å². The van der Waals surface area contributed by atoms with Crippen LogP contribution in [0, 0.1) is 0 Å². The van der Waals surface area contributed by atoms with E-state index in [1.54, 1.807) is 24.4 Å². The van der Waals surface area contributed by atoms with Crippen LogP contribution in [0.1, 0.15) is 39.5 Å². The van der Waals surface area contributed by atoms with Gasteiger partial charge < -0.3 is 15.0 Å². The predicted octanol–water partition coefficient (Wildman–Crippen LogP) is 3.49. The van der Waals surface area contributed by atoms with Gasteiger partial charge in [-0.2, -0.15) is 0 Å². The Labute approximate surface area is 175 Å². The summed E-state index contributed by atoms with van der Waals surface area (Å²) >= 11 is 0. The number of hydrogen-bond acceptors (Lipinski definition) is 4. The zero-order chi connectivity index (χ0) is 20.9. The molecule has 1 aromatic heterocycles. The molecule has 0 saturated heterocycles. The number of rotatable bonds is 7. The molecule has 1 N–H and O–H groups in total. The first-order valence-corrected chi connectivity index (χ1v) is 9.84. The lowest BCUT2D eigenvalue weighted by Gasteiger charge is -2.28. The molecule has 0 radical (unpaired) electrons. The van der Waals surface area contributed by atoms with Crippen LogP contribution in [0.4, 0.5) is 0 Å². The van der Waals surface area contributed by atoms with Crippen molar-refractivity contribution in [3.05, 3.63) is 95.3 Å². The van der Waals surface area contributed by atoms with Gasteiger partial charge in [-0.3, -0.25) is 14.6 Å². The van der Waals surface area contributed by atoms with Gasteiger partial charge >= 0.3 is 0 Å². The Bertz CT molecular complexity index is 1040. The van der Waals surface area contributed by atoms with Crippen LogP contribution in [0.3, 0.4) is 0 Å². The van der Waals surface area contributed by atoms with Crippen molar-refractivity contribution in [2.24, 2.45) is 0 Å². The van der Waals surface area contributed by atoms with Crippen LogP contribution in [-0.2, 0) is 17.9 Å². The number of nitrogens with one attached hydrogen (secondary N) is 1. The second-order valence-corrected chi connectivity index (χ2v) is 7.22. The van der Waals surface area contributed by atoms with E-state index in [0.717, 1.165) is 22.4 Å². The van der Waals surface area contributed by atoms with Gasteiger partial charge in [-0.05, 0) is 41.0 Å². The van der Waals surface area contributed by atoms with Gasteiger partial charge in [0, 0.05) is 31.0 Å². The maximum absolute atomic E-state index is 13.1. The lowest BCUT2D eigenvalue weighted by atomic mass is 10.0. The fourth-order valence-corrected chi connectivity index (χ4v) is 3.71. The minimum atomic E-state index is -0.371. The molecule has 3 aromatic rings. The maximum atomic E-state index is 13.1. The lowest BCUT2D eigenvalue weighted by Crippen LogP contribution is -2.34. The third kappa shape index (κ3) is 4.17. The van der Waals surface area contributed by atoms with Gasteiger partial charge in [-0.1, -0.05) is 36.4 Å². The second kappa shape index (κ2) is 8.78. The number of benzene rings is 2. The van der Waals surface area contributed by atoms with E-state index >= 15 is 0 Å². The van der Waals surface area contributed by atoms with Crippen molar-refractivity contribution in [2.75, 3.05) is 7.11 Å². The first-order valence-electron chi connectivity index (χ1n) is 9.84. The van der Waals surface area contributed by atoms with E-state index in [4.69, 9.17) is 4.74 Å². The predicted molar refractivity (Wildman–Crippen MR) is 113 cm³/mol. The molecule has 6 heteroatoms. The molecule has 0 spiro atoms. The van der Waals surface area contributed by atoms with E-state index in [9.17, 15) is 9.59 Å². The summed E-state index contributed by atoms with van der Waals surface area (Å²) in [5, 5.41) is 2.94. The summed E-state index contributed by atoms with van der Waals surface area (Å²) in [5.41, 5.74) is 3.51. The molecule has 2 amide bonds. The molecule has 152 valence electrons. The van der Waals surface area contributed by atoms with E-state index in [2.05, 4.69) is 10.3 Å². The molecule has 1 atom stereocenters. The van der Waals surface area contributed by atoms with Gasteiger partial charge in [0.25, 0.3) is 5.91 Å². The van der Waals surface area contributed by atoms with Gasteiger partial charge in [-0.15, -0.1) is 0 Å². The molecular weight excluding hydrogens is 378 g/mol. The number of carbonyl (C=O) groups excluding carboxylic acids is 2. The molecule has 0 bridgehead atoms. The highest BCUT2D eigenvalue weighted by Crippen LogP contribution is 2.34. The zero-order valence-electron chi connectivity index (χ0n) is 16.7. The molecule has 0 fully saturated rings. The van der Waals surface area contributed by atoms with E-state index in [-0.39, 0.29) is 24.3 Å². The van der Waals surface area contributed by atoms with Gasteiger partial charge in [0.1, 0.15) is 5.75 Å². The Morgan fingerprint density at radius 1 is 1.13 bits per heavy atom. The average molecular weight is 401 g/mol. The van der Waals surface area contributed by atoms with E-state index in [1.165, 1.54) is 0 Å². The third-order valence-electron chi connectivity index (χ3n) is 5.32. The number of hydrogen-bond donors (Lipinski definition) is 1. The highest BCUT2D eigenvalue weighted by atomic mass is 16.5. The molecule has 1 aliphatic heterocycles. The molecule has 30 heavy (non-hydrogen) atoms. The lowest BCUT2D eigenvalue weighted by molar-refractivity contribution is -0.122. The van der Waals surface area contributed by atoms with E-state index in [1.807, 2.05) is 60.7 Å². The Kier molecular flexibility index (Phi) is 5.75. The SMILES string of the molecule is COc1ccc(C(CC(=O)NCc2cccnc2)N2Cc3ccccc3C2=O)cc1. The maximum Gasteiger partial charge on any atom is 0.255 e. The fourth-order valence-electron chi connectivity index (χ4n) is 3.71. The monoisotopic (exact) mass is 401 g/mol. The normalized spacial score (nSPS) is 13.6. The molecule has 0 aliphatic carbocycles. The Balaban J connectivity index is 1.54. The summed E-state index contributed by atoms with van der Waals surface area (Å²) in [5.74, 6) is 0.560. The number of methoxy groups -OCH3 is 1. The van der Waals surface area contributed by atoms with Gasteiger partial charge in [-0.25, -0.2) is 0 Å². The average Bonchev–Trinajstić information content (AvgIpc) is 3.13. The van der Waals surface area contributed by atoms with Crippen molar-refractivity contribution in [2.45, 2.75) is 25.6 Å². The van der Waals surface area contributed by atoms with Crippen LogP contribution in [-0.4, -0.2) is 28.8 Å². The molecule has 2 heterocycles. The zero-order valence-corrected chi connectivity index (χ0v) is 16.7. The summed E-state index contributed by atoms with van der Waals surface area (Å²) in [7, 11) is 1.61. The van der Waals surface area contributed by atoms with Crippen molar-refractivity contribution in [1.82, 2.24) is 15.2 Å². The van der Waals surface area contributed by atoms with Crippen molar-refractivity contribution >= 4 is 11.8 Å². The summed E-state index contributed by atoms with van der Waals surface area (Å²) in [6.07, 6.45) is 3.59. The number of aromatic nitrogens is 1. The first kappa shape index (κ1) is 19.6. The van der Waals surface area contributed by atoms with Crippen LogP contribution in [0.2, 0.25) is 0 Å². The number of ether oxygens (including phenoxy) is 1. The molecular formula is C24H23N3O3. The fraction of sp³-hybridized carbons (Fsp3) is 0.208. The molecule has 4 rings (SSSR count). The van der Waals surface area contributed by atoms with Crippen molar-refractivity contribution in [1.29, 1.82) is 0 Å². The molecule has 6 nitrogen and oxygen atoms in total. The summed E-state index contributed by atoms with van der Waals surface area (Å²) in [4.78, 5) is 31.7. The van der Waals surface area contributed by atoms with E-state index in [0.29, 0.717) is 18.7 Å². The van der Waals surface area contributed by atoms with Gasteiger partial charge in [0.15, 0.2) is 0 Å². The number of amides is 2. The molecule has 1 aliphatic rings. The smallest absolute Gasteiger partial charge is 0.255 e. The quantitative estimate of drug-likeness (QED) is 0.658. The summed E-state index contributed by atoms with van der Waals surface area (Å²) in [6.45, 7) is 0.887. The van der Waals surface area contributed by atoms with Crippen LogP contribution in [0.15, 0.2) is 73.1 Å². The van der Waals surface area contributed by atoms with Gasteiger partial charge in [0.2, 0.25) is 5.91 Å². The van der Waals surface area contributed by atoms with E-state index < -0.39 is 0 Å². The largest absolute Gasteiger partial charge is 0.497 e. The Hall–Kier alpha value is -3.67. The topological polar surface area (TPSA) is 71.5 Å². The van der Waals surface area contributed by atoms with Crippen molar-refractivity contribution < 1.29 is 14.3 Å². The third-order valence-corrected chi connectivity index (χ3v) is 5.32. The summed E-state index contributed by atoms with van der Waals surface area (Å²) < 4.78 is 5.25. The second-order valence-electron chi connectivity index (χ2n) is 7.22. The minimum Gasteiger partial charge on any atom is -0.497 e. The first-order chi connectivity index (χ1) is 14.7. The number of pyridine rings is 1. The highest BCUT2D eigenvalue weighted by molar-refractivity contribution is 5.98. The highest BCUT2D eigenvalue weighted by Gasteiger charge is 2.34. The van der Waals surface area contributed by atoms with Crippen molar-refractivity contribution in [3.8, 4) is 5.75 Å². The van der Waals surface area contributed by atoms with Crippen molar-refractivity contribution in [3.63, 3.8) is 0 Å². The number of fused-ring (bicyclic) bond motifs is 1. The molecule has 1 unspecified atom stereocenters. The van der Waals surface area contributed by atoms with Gasteiger partial charge in [0.05, 0.1) is 19.6 Å². The van der Waals surface area contributed by atoms with Crippen LogP contribution >= 0.6 is 0 Å². The Morgan fingerprint density at radius 2 is 1.93 bits per heavy atom. The van der Waals surface area contributed by atoms with Crippen LogP contribution < -0.4 is 10.1 Å².